The van der Waals surface area contributed by atoms with E-state index in [1.807, 2.05) is 12.1 Å². The number of benzene rings is 1. The van der Waals surface area contributed by atoms with E-state index in [0.29, 0.717) is 10.7 Å². The molecular weight excluding hydrogens is 224 g/mol. The molecule has 1 rings (SSSR count). The van der Waals surface area contributed by atoms with Crippen molar-refractivity contribution in [3.63, 3.8) is 0 Å². The second kappa shape index (κ2) is 6.38. The highest BCUT2D eigenvalue weighted by atomic mass is 35.5. The van der Waals surface area contributed by atoms with E-state index in [4.69, 9.17) is 11.6 Å². The molecule has 0 unspecified atom stereocenters. The first kappa shape index (κ1) is 12.8. The number of nitrogens with one attached hydrogen (secondary N) is 1. The highest BCUT2D eigenvalue weighted by Crippen LogP contribution is 2.20. The minimum atomic E-state index is -0.124. The molecule has 0 saturated carbocycles. The summed E-state index contributed by atoms with van der Waals surface area (Å²) in [7, 11) is 1.78. The van der Waals surface area contributed by atoms with Gasteiger partial charge < -0.3 is 10.2 Å². The van der Waals surface area contributed by atoms with E-state index in [1.165, 1.54) is 0 Å². The Bertz CT molecular complexity index is 355. The third-order valence-corrected chi connectivity index (χ3v) is 2.64. The highest BCUT2D eigenvalue weighted by molar-refractivity contribution is 6.33. The SMILES string of the molecule is CCCCN(C)C(=O)Nc1ccccc1Cl. The van der Waals surface area contributed by atoms with Crippen LogP contribution < -0.4 is 5.32 Å². The van der Waals surface area contributed by atoms with Crippen LogP contribution in [0.3, 0.4) is 0 Å². The summed E-state index contributed by atoms with van der Waals surface area (Å²) < 4.78 is 0. The summed E-state index contributed by atoms with van der Waals surface area (Å²) in [6.45, 7) is 2.85. The van der Waals surface area contributed by atoms with Crippen LogP contribution >= 0.6 is 11.6 Å². The lowest BCUT2D eigenvalue weighted by Crippen LogP contribution is -2.32. The zero-order valence-corrected chi connectivity index (χ0v) is 10.4. The van der Waals surface area contributed by atoms with E-state index >= 15 is 0 Å². The fourth-order valence-corrected chi connectivity index (χ4v) is 1.45. The number of amides is 2. The van der Waals surface area contributed by atoms with Crippen molar-refractivity contribution in [2.45, 2.75) is 19.8 Å². The Morgan fingerprint density at radius 1 is 1.44 bits per heavy atom. The highest BCUT2D eigenvalue weighted by Gasteiger charge is 2.09. The van der Waals surface area contributed by atoms with Gasteiger partial charge in [0.15, 0.2) is 0 Å². The zero-order valence-electron chi connectivity index (χ0n) is 9.66. The fraction of sp³-hybridized carbons (Fsp3) is 0.417. The number of rotatable bonds is 4. The number of hydrogen-bond donors (Lipinski definition) is 1. The average Bonchev–Trinajstić information content (AvgIpc) is 2.28. The topological polar surface area (TPSA) is 32.3 Å². The molecule has 0 aliphatic heterocycles. The number of carbonyl (C=O) groups excluding carboxylic acids is 1. The molecule has 3 nitrogen and oxygen atoms in total. The van der Waals surface area contributed by atoms with Crippen LogP contribution in [-0.4, -0.2) is 24.5 Å². The van der Waals surface area contributed by atoms with Crippen LogP contribution in [-0.2, 0) is 0 Å². The second-order valence-corrected chi connectivity index (χ2v) is 4.09. The third kappa shape index (κ3) is 3.74. The van der Waals surface area contributed by atoms with Gasteiger partial charge in [0.1, 0.15) is 0 Å². The third-order valence-electron chi connectivity index (χ3n) is 2.31. The van der Waals surface area contributed by atoms with Gasteiger partial charge in [-0.05, 0) is 18.6 Å². The molecule has 0 aromatic heterocycles. The van der Waals surface area contributed by atoms with E-state index in [0.717, 1.165) is 19.4 Å². The van der Waals surface area contributed by atoms with Crippen LogP contribution in [0.5, 0.6) is 0 Å². The Balaban J connectivity index is 2.54. The molecule has 0 heterocycles. The molecule has 4 heteroatoms. The molecule has 0 spiro atoms. The average molecular weight is 241 g/mol. The van der Waals surface area contributed by atoms with Crippen molar-refractivity contribution in [1.29, 1.82) is 0 Å². The normalized spacial score (nSPS) is 9.94. The number of urea groups is 1. The molecule has 0 radical (unpaired) electrons. The molecule has 0 aliphatic rings. The predicted molar refractivity (Wildman–Crippen MR) is 68.0 cm³/mol. The van der Waals surface area contributed by atoms with E-state index in [1.54, 1.807) is 24.1 Å². The number of nitrogens with zero attached hydrogens (tertiary/aromatic N) is 1. The summed E-state index contributed by atoms with van der Waals surface area (Å²) in [4.78, 5) is 13.4. The lowest BCUT2D eigenvalue weighted by atomic mass is 10.3. The predicted octanol–water partition coefficient (Wildman–Crippen LogP) is 3.60. The summed E-state index contributed by atoms with van der Waals surface area (Å²) in [6.07, 6.45) is 2.08. The van der Waals surface area contributed by atoms with Crippen LogP contribution in [0.15, 0.2) is 24.3 Å². The maximum atomic E-state index is 11.7. The van der Waals surface area contributed by atoms with Gasteiger partial charge in [-0.15, -0.1) is 0 Å². The van der Waals surface area contributed by atoms with Gasteiger partial charge in [-0.1, -0.05) is 37.1 Å². The molecule has 0 bridgehead atoms. The van der Waals surface area contributed by atoms with Gasteiger partial charge in [-0.2, -0.15) is 0 Å². The Labute approximate surface area is 101 Å². The van der Waals surface area contributed by atoms with Crippen LogP contribution in [0.4, 0.5) is 10.5 Å². The van der Waals surface area contributed by atoms with Crippen molar-refractivity contribution in [3.05, 3.63) is 29.3 Å². The quantitative estimate of drug-likeness (QED) is 0.857. The Kier molecular flexibility index (Phi) is 5.12. The molecule has 0 atom stereocenters. The number of para-hydroxylation sites is 1. The van der Waals surface area contributed by atoms with Crippen LogP contribution in [0.2, 0.25) is 5.02 Å². The van der Waals surface area contributed by atoms with Gasteiger partial charge in [0.05, 0.1) is 10.7 Å². The van der Waals surface area contributed by atoms with Crippen LogP contribution in [0.1, 0.15) is 19.8 Å². The Morgan fingerprint density at radius 2 is 2.12 bits per heavy atom. The molecule has 2 amide bonds. The number of anilines is 1. The minimum absolute atomic E-state index is 0.124. The van der Waals surface area contributed by atoms with E-state index < -0.39 is 0 Å². The van der Waals surface area contributed by atoms with Crippen molar-refractivity contribution in [3.8, 4) is 0 Å². The zero-order chi connectivity index (χ0) is 12.0. The maximum Gasteiger partial charge on any atom is 0.321 e. The molecule has 88 valence electrons. The van der Waals surface area contributed by atoms with E-state index in [2.05, 4.69) is 12.2 Å². The lowest BCUT2D eigenvalue weighted by molar-refractivity contribution is 0.222. The smallest absolute Gasteiger partial charge is 0.321 e. The van der Waals surface area contributed by atoms with Gasteiger partial charge >= 0.3 is 6.03 Å². The number of hydrogen-bond acceptors (Lipinski definition) is 1. The molecule has 1 N–H and O–H groups in total. The molecular formula is C12H17ClN2O. The van der Waals surface area contributed by atoms with Gasteiger partial charge in [-0.3, -0.25) is 0 Å². The lowest BCUT2D eigenvalue weighted by Gasteiger charge is -2.17. The van der Waals surface area contributed by atoms with Crippen molar-refractivity contribution in [2.24, 2.45) is 0 Å². The Morgan fingerprint density at radius 3 is 2.75 bits per heavy atom. The van der Waals surface area contributed by atoms with Crippen molar-refractivity contribution in [2.75, 3.05) is 18.9 Å². The molecule has 1 aromatic rings. The monoisotopic (exact) mass is 240 g/mol. The van der Waals surface area contributed by atoms with E-state index in [-0.39, 0.29) is 6.03 Å². The van der Waals surface area contributed by atoms with Gasteiger partial charge in [0.2, 0.25) is 0 Å². The molecule has 0 saturated heterocycles. The van der Waals surface area contributed by atoms with Crippen LogP contribution in [0.25, 0.3) is 0 Å². The maximum absolute atomic E-state index is 11.7. The van der Waals surface area contributed by atoms with Crippen molar-refractivity contribution in [1.82, 2.24) is 4.90 Å². The standard InChI is InChI=1S/C12H17ClN2O/c1-3-4-9-15(2)12(16)14-11-8-6-5-7-10(11)13/h5-8H,3-4,9H2,1-2H3,(H,14,16). The second-order valence-electron chi connectivity index (χ2n) is 3.69. The van der Waals surface area contributed by atoms with Gasteiger partial charge in [-0.25, -0.2) is 4.79 Å². The summed E-state index contributed by atoms with van der Waals surface area (Å²) in [6, 6.07) is 7.09. The largest absolute Gasteiger partial charge is 0.328 e. The summed E-state index contributed by atoms with van der Waals surface area (Å²) in [5, 5.41) is 3.33. The number of carbonyl (C=O) groups is 1. The summed E-state index contributed by atoms with van der Waals surface area (Å²) in [5.41, 5.74) is 0.650. The minimum Gasteiger partial charge on any atom is -0.328 e. The fourth-order valence-electron chi connectivity index (χ4n) is 1.27. The first-order valence-corrected chi connectivity index (χ1v) is 5.79. The molecule has 1 aromatic carbocycles. The van der Waals surface area contributed by atoms with Gasteiger partial charge in [0, 0.05) is 13.6 Å². The first-order valence-electron chi connectivity index (χ1n) is 5.41. The summed E-state index contributed by atoms with van der Waals surface area (Å²) >= 11 is 5.94. The summed E-state index contributed by atoms with van der Waals surface area (Å²) in [5.74, 6) is 0. The van der Waals surface area contributed by atoms with E-state index in [9.17, 15) is 4.79 Å². The molecule has 16 heavy (non-hydrogen) atoms. The first-order chi connectivity index (χ1) is 7.65. The van der Waals surface area contributed by atoms with Crippen molar-refractivity contribution < 1.29 is 4.79 Å². The van der Waals surface area contributed by atoms with Gasteiger partial charge in [0.25, 0.3) is 0 Å². The van der Waals surface area contributed by atoms with Crippen LogP contribution in [0, 0.1) is 0 Å². The molecule has 0 aliphatic carbocycles. The molecule has 0 fully saturated rings. The number of unbranched alkanes of at least 4 members (excludes halogenated alkanes) is 1. The van der Waals surface area contributed by atoms with Crippen molar-refractivity contribution >= 4 is 23.3 Å². The Hall–Kier alpha value is -1.22. The number of halogens is 1.